The van der Waals surface area contributed by atoms with Crippen molar-refractivity contribution in [1.82, 2.24) is 10.2 Å². The highest BCUT2D eigenvalue weighted by Gasteiger charge is 2.33. The van der Waals surface area contributed by atoms with Crippen LogP contribution in [0.25, 0.3) is 10.8 Å². The molecule has 3 aromatic carbocycles. The molecule has 35 heavy (non-hydrogen) atoms. The van der Waals surface area contributed by atoms with Gasteiger partial charge < -0.3 is 10.1 Å². The highest BCUT2D eigenvalue weighted by Crippen LogP contribution is 2.35. The monoisotopic (exact) mass is 518 g/mol. The Morgan fingerprint density at radius 1 is 1.00 bits per heavy atom. The van der Waals surface area contributed by atoms with Crippen LogP contribution in [0.3, 0.4) is 0 Å². The molecule has 0 atom stereocenters. The lowest BCUT2D eigenvalue weighted by Gasteiger charge is -2.13. The number of carbonyl (C=O) groups is 2. The fourth-order valence-electron chi connectivity index (χ4n) is 3.28. The molecule has 0 bridgehead atoms. The summed E-state index contributed by atoms with van der Waals surface area (Å²) in [7, 11) is 1.48. The zero-order chi connectivity index (χ0) is 25.0. The van der Waals surface area contributed by atoms with Gasteiger partial charge in [0.15, 0.2) is 4.34 Å². The van der Waals surface area contributed by atoms with Gasteiger partial charge in [-0.2, -0.15) is 13.2 Å². The van der Waals surface area contributed by atoms with Gasteiger partial charge in [0.05, 0.1) is 29.7 Å². The molecule has 0 saturated heterocycles. The molecule has 12 heteroatoms. The third-order valence-electron chi connectivity index (χ3n) is 4.79. The second-order valence-electron chi connectivity index (χ2n) is 7.07. The van der Waals surface area contributed by atoms with E-state index in [1.165, 1.54) is 25.3 Å². The normalized spacial score (nSPS) is 11.3. The van der Waals surface area contributed by atoms with Crippen molar-refractivity contribution in [3.8, 4) is 5.75 Å². The number of nitrogens with one attached hydrogen (secondary N) is 2. The number of benzene rings is 3. The van der Waals surface area contributed by atoms with E-state index in [-0.39, 0.29) is 16.6 Å². The van der Waals surface area contributed by atoms with Crippen molar-refractivity contribution in [2.75, 3.05) is 23.5 Å². The minimum atomic E-state index is -4.59. The average Bonchev–Trinajstić information content (AvgIpc) is 3.28. The van der Waals surface area contributed by atoms with Gasteiger partial charge in [0, 0.05) is 5.39 Å². The van der Waals surface area contributed by atoms with Crippen LogP contribution in [0, 0.1) is 0 Å². The Balaban J connectivity index is 1.39. The van der Waals surface area contributed by atoms with Crippen molar-refractivity contribution >= 4 is 56.5 Å². The number of hydrogen-bond donors (Lipinski definition) is 2. The topological polar surface area (TPSA) is 93.2 Å². The van der Waals surface area contributed by atoms with E-state index in [0.717, 1.165) is 39.9 Å². The molecule has 4 rings (SSSR count). The van der Waals surface area contributed by atoms with Gasteiger partial charge >= 0.3 is 6.18 Å². The van der Waals surface area contributed by atoms with Crippen LogP contribution >= 0.6 is 23.1 Å². The van der Waals surface area contributed by atoms with Gasteiger partial charge in [-0.05, 0) is 23.6 Å². The maximum absolute atomic E-state index is 13.1. The maximum atomic E-state index is 13.1. The summed E-state index contributed by atoms with van der Waals surface area (Å²) in [5.41, 5.74) is -0.929. The quantitative estimate of drug-likeness (QED) is 0.241. The Morgan fingerprint density at radius 3 is 2.51 bits per heavy atom. The van der Waals surface area contributed by atoms with Gasteiger partial charge in [-0.15, -0.1) is 10.2 Å². The van der Waals surface area contributed by atoms with Crippen molar-refractivity contribution in [2.45, 2.75) is 10.5 Å². The number of carbonyl (C=O) groups excluding carboxylic acids is 2. The molecular formula is C23H17F3N4O3S2. The molecule has 1 heterocycles. The number of fused-ring (bicyclic) bond motifs is 1. The number of nitrogens with zero attached hydrogens (tertiary/aromatic N) is 2. The maximum Gasteiger partial charge on any atom is 0.418 e. The molecule has 2 amide bonds. The van der Waals surface area contributed by atoms with Crippen LogP contribution in [0.5, 0.6) is 5.75 Å². The molecule has 1 aromatic heterocycles. The van der Waals surface area contributed by atoms with Crippen molar-refractivity contribution < 1.29 is 27.5 Å². The van der Waals surface area contributed by atoms with Crippen molar-refractivity contribution in [3.63, 3.8) is 0 Å². The van der Waals surface area contributed by atoms with E-state index in [9.17, 15) is 22.8 Å². The Kier molecular flexibility index (Phi) is 7.22. The minimum Gasteiger partial charge on any atom is -0.495 e. The van der Waals surface area contributed by atoms with Crippen LogP contribution in [0.1, 0.15) is 15.9 Å². The molecule has 7 nitrogen and oxygen atoms in total. The number of hydrogen-bond acceptors (Lipinski definition) is 7. The summed E-state index contributed by atoms with van der Waals surface area (Å²) >= 11 is 2.03. The Morgan fingerprint density at radius 2 is 1.74 bits per heavy atom. The van der Waals surface area contributed by atoms with Gasteiger partial charge in [0.2, 0.25) is 11.0 Å². The minimum absolute atomic E-state index is 0.187. The third kappa shape index (κ3) is 5.72. The van der Waals surface area contributed by atoms with Gasteiger partial charge in [-0.1, -0.05) is 65.6 Å². The van der Waals surface area contributed by atoms with E-state index in [1.54, 1.807) is 6.07 Å². The smallest absolute Gasteiger partial charge is 0.418 e. The summed E-state index contributed by atoms with van der Waals surface area (Å²) < 4.78 is 45.1. The SMILES string of the molecule is COc1c(C(=O)Nc2nnc(SCC(=O)Nc3ccccc3C(F)(F)F)s2)ccc2ccccc12. The van der Waals surface area contributed by atoms with Gasteiger partial charge in [-0.3, -0.25) is 14.9 Å². The number of alkyl halides is 3. The summed E-state index contributed by atoms with van der Waals surface area (Å²) in [6.07, 6.45) is -4.59. The van der Waals surface area contributed by atoms with E-state index in [1.807, 2.05) is 30.3 Å². The number of halogens is 3. The van der Waals surface area contributed by atoms with E-state index in [2.05, 4.69) is 20.8 Å². The standard InChI is InChI=1S/C23H17F3N4O3S2/c1-33-19-14-7-3-2-6-13(14)10-11-15(19)20(32)28-21-29-30-22(35-21)34-12-18(31)27-17-9-5-4-8-16(17)23(24,25)26/h2-11H,12H2,1H3,(H,27,31)(H,28,29,32). The van der Waals surface area contributed by atoms with Gasteiger partial charge in [0.1, 0.15) is 5.75 Å². The van der Waals surface area contributed by atoms with Crippen LogP contribution in [-0.2, 0) is 11.0 Å². The molecule has 0 aliphatic rings. The summed E-state index contributed by atoms with van der Waals surface area (Å²) in [6.45, 7) is 0. The summed E-state index contributed by atoms with van der Waals surface area (Å²) in [5, 5.41) is 14.7. The number of aromatic nitrogens is 2. The lowest BCUT2D eigenvalue weighted by molar-refractivity contribution is -0.137. The molecule has 4 aromatic rings. The summed E-state index contributed by atoms with van der Waals surface area (Å²) in [5.74, 6) is -0.835. The second kappa shape index (κ2) is 10.3. The Hall–Kier alpha value is -3.64. The number of anilines is 2. The fraction of sp³-hybridized carbons (Fsp3) is 0.130. The van der Waals surface area contributed by atoms with Crippen molar-refractivity contribution in [2.24, 2.45) is 0 Å². The van der Waals surface area contributed by atoms with Gasteiger partial charge in [0.25, 0.3) is 5.91 Å². The largest absolute Gasteiger partial charge is 0.495 e. The molecular weight excluding hydrogens is 501 g/mol. The molecule has 0 radical (unpaired) electrons. The molecule has 0 aliphatic heterocycles. The zero-order valence-electron chi connectivity index (χ0n) is 18.1. The number of methoxy groups -OCH3 is 1. The van der Waals surface area contributed by atoms with E-state index in [0.29, 0.717) is 15.7 Å². The third-order valence-corrected chi connectivity index (χ3v) is 6.76. The lowest BCUT2D eigenvalue weighted by atomic mass is 10.0. The van der Waals surface area contributed by atoms with Gasteiger partial charge in [-0.25, -0.2) is 0 Å². The van der Waals surface area contributed by atoms with E-state index >= 15 is 0 Å². The zero-order valence-corrected chi connectivity index (χ0v) is 19.7. The molecule has 2 N–H and O–H groups in total. The lowest BCUT2D eigenvalue weighted by Crippen LogP contribution is -2.18. The number of amides is 2. The summed E-state index contributed by atoms with van der Waals surface area (Å²) in [6, 6.07) is 15.7. The molecule has 0 saturated carbocycles. The fourth-order valence-corrected chi connectivity index (χ4v) is 4.82. The average molecular weight is 519 g/mol. The first-order valence-corrected chi connectivity index (χ1v) is 11.9. The van der Waals surface area contributed by atoms with Crippen LogP contribution in [0.15, 0.2) is 65.0 Å². The highest BCUT2D eigenvalue weighted by molar-refractivity contribution is 8.01. The van der Waals surface area contributed by atoms with Crippen LogP contribution in [0.2, 0.25) is 0 Å². The summed E-state index contributed by atoms with van der Waals surface area (Å²) in [4.78, 5) is 25.0. The number of para-hydroxylation sites is 1. The van der Waals surface area contributed by atoms with Crippen molar-refractivity contribution in [1.29, 1.82) is 0 Å². The number of ether oxygens (including phenoxy) is 1. The first-order valence-electron chi connectivity index (χ1n) is 10.1. The molecule has 0 fully saturated rings. The predicted molar refractivity (Wildman–Crippen MR) is 129 cm³/mol. The predicted octanol–water partition coefficient (Wildman–Crippen LogP) is 5.70. The highest BCUT2D eigenvalue weighted by atomic mass is 32.2. The first kappa shape index (κ1) is 24.5. The molecule has 0 spiro atoms. The van der Waals surface area contributed by atoms with Crippen LogP contribution in [0.4, 0.5) is 24.0 Å². The van der Waals surface area contributed by atoms with Crippen LogP contribution in [-0.4, -0.2) is 34.9 Å². The molecule has 0 aliphatic carbocycles. The van der Waals surface area contributed by atoms with E-state index < -0.39 is 23.6 Å². The van der Waals surface area contributed by atoms with Crippen LogP contribution < -0.4 is 15.4 Å². The number of rotatable bonds is 7. The van der Waals surface area contributed by atoms with Crippen molar-refractivity contribution in [3.05, 3.63) is 71.8 Å². The second-order valence-corrected chi connectivity index (χ2v) is 9.27. The Labute approximate surface area is 205 Å². The molecule has 180 valence electrons. The first-order chi connectivity index (χ1) is 16.8. The molecule has 0 unspecified atom stereocenters. The number of thioether (sulfide) groups is 1. The Bertz CT molecular complexity index is 1390. The van der Waals surface area contributed by atoms with E-state index in [4.69, 9.17) is 4.74 Å².